The summed E-state index contributed by atoms with van der Waals surface area (Å²) in [5, 5.41) is 17.8. The van der Waals surface area contributed by atoms with Crippen molar-refractivity contribution in [2.24, 2.45) is 4.99 Å². The van der Waals surface area contributed by atoms with Gasteiger partial charge in [0, 0.05) is 60.6 Å². The molecule has 37 heavy (non-hydrogen) atoms. The van der Waals surface area contributed by atoms with Gasteiger partial charge in [0.15, 0.2) is 5.82 Å². The Bertz CT molecular complexity index is 1490. The number of nitrogens with zero attached hydrogens (tertiary/aromatic N) is 7. The van der Waals surface area contributed by atoms with Crippen molar-refractivity contribution in [3.63, 3.8) is 0 Å². The van der Waals surface area contributed by atoms with E-state index in [4.69, 9.17) is 16.6 Å². The van der Waals surface area contributed by atoms with E-state index in [0.29, 0.717) is 5.02 Å². The van der Waals surface area contributed by atoms with Crippen LogP contribution >= 0.6 is 11.6 Å². The van der Waals surface area contributed by atoms with Crippen LogP contribution in [0.25, 0.3) is 16.8 Å². The second-order valence-electron chi connectivity index (χ2n) is 10.2. The Morgan fingerprint density at radius 2 is 1.73 bits per heavy atom. The minimum Gasteiger partial charge on any atom is -0.314 e. The maximum absolute atomic E-state index is 6.23. The Morgan fingerprint density at radius 1 is 0.946 bits per heavy atom. The number of aryl methyl sites for hydroxylation is 1. The van der Waals surface area contributed by atoms with Crippen molar-refractivity contribution in [3.05, 3.63) is 82.7 Å². The fraction of sp³-hybridized carbons (Fsp3) is 0.357. The average Bonchev–Trinajstić information content (AvgIpc) is 3.40. The van der Waals surface area contributed by atoms with Gasteiger partial charge in [0.05, 0.1) is 24.1 Å². The number of piperazine rings is 1. The third-order valence-electron chi connectivity index (χ3n) is 7.72. The minimum absolute atomic E-state index is 0.315. The van der Waals surface area contributed by atoms with Gasteiger partial charge in [-0.25, -0.2) is 0 Å². The lowest BCUT2D eigenvalue weighted by molar-refractivity contribution is 0.229. The second kappa shape index (κ2) is 8.90. The van der Waals surface area contributed by atoms with E-state index >= 15 is 0 Å². The minimum atomic E-state index is -0.315. The molecule has 188 valence electrons. The summed E-state index contributed by atoms with van der Waals surface area (Å²) in [6.45, 7) is 8.22. The zero-order valence-electron chi connectivity index (χ0n) is 20.9. The zero-order chi connectivity index (χ0) is 25.0. The summed E-state index contributed by atoms with van der Waals surface area (Å²) in [4.78, 5) is 7.84. The zero-order valence-corrected chi connectivity index (χ0v) is 21.6. The van der Waals surface area contributed by atoms with E-state index < -0.39 is 0 Å². The topological polar surface area (TPSA) is 76.2 Å². The molecular formula is C28H29ClN8. The molecule has 3 aliphatic rings. The molecule has 4 heterocycles. The molecule has 0 unspecified atom stereocenters. The Labute approximate surface area is 221 Å². The second-order valence-corrected chi connectivity index (χ2v) is 10.7. The molecule has 1 spiro atoms. The van der Waals surface area contributed by atoms with Crippen molar-refractivity contribution in [1.29, 1.82) is 0 Å². The standard InChI is InChI=1S/C28H29ClN8/c1-19-33-34-27-28(8-9-28)32-26(20-2-5-23(29)6-3-20)24-16-21(4-7-25(24)37(19)27)22-17-31-36(18-22)15-14-35-12-10-30-11-13-35/h2-7,16-18,30H,8-15H2,1H3. The molecule has 0 atom stereocenters. The number of rotatable bonds is 5. The molecule has 2 aliphatic heterocycles. The number of hydrogen-bond donors (Lipinski definition) is 1. The van der Waals surface area contributed by atoms with Crippen LogP contribution in [-0.2, 0) is 12.1 Å². The van der Waals surface area contributed by atoms with Gasteiger partial charge in [0.2, 0.25) is 0 Å². The summed E-state index contributed by atoms with van der Waals surface area (Å²) in [5.74, 6) is 1.81. The Hall–Kier alpha value is -3.33. The number of aliphatic imine (C=N–C) groups is 1. The van der Waals surface area contributed by atoms with Gasteiger partial charge in [0.25, 0.3) is 0 Å². The lowest BCUT2D eigenvalue weighted by atomic mass is 9.96. The smallest absolute Gasteiger partial charge is 0.165 e. The molecule has 2 aromatic carbocycles. The van der Waals surface area contributed by atoms with Crippen LogP contribution in [0.15, 0.2) is 59.9 Å². The summed E-state index contributed by atoms with van der Waals surface area (Å²) in [6, 6.07) is 14.6. The number of halogens is 1. The van der Waals surface area contributed by atoms with Crippen molar-refractivity contribution in [3.8, 4) is 16.8 Å². The van der Waals surface area contributed by atoms with Gasteiger partial charge in [-0.1, -0.05) is 29.8 Å². The van der Waals surface area contributed by atoms with Crippen molar-refractivity contribution in [2.75, 3.05) is 32.7 Å². The molecule has 0 amide bonds. The van der Waals surface area contributed by atoms with Crippen molar-refractivity contribution in [2.45, 2.75) is 31.8 Å². The van der Waals surface area contributed by atoms with Crippen molar-refractivity contribution < 1.29 is 0 Å². The molecule has 9 heteroatoms. The van der Waals surface area contributed by atoms with Gasteiger partial charge in [0.1, 0.15) is 11.4 Å². The number of benzene rings is 2. The highest BCUT2D eigenvalue weighted by atomic mass is 35.5. The number of aromatic nitrogens is 5. The molecule has 1 saturated carbocycles. The number of nitrogens with one attached hydrogen (secondary N) is 1. The van der Waals surface area contributed by atoms with Gasteiger partial charge in [-0.15, -0.1) is 10.2 Å². The Kier molecular flexibility index (Phi) is 5.49. The first-order chi connectivity index (χ1) is 18.1. The van der Waals surface area contributed by atoms with Crippen LogP contribution in [0.2, 0.25) is 5.02 Å². The molecule has 7 rings (SSSR count). The SMILES string of the molecule is Cc1nnc2n1-c1ccc(-c3cnn(CCN4CCNCC4)c3)cc1C(c1ccc(Cl)cc1)=NC21CC1. The highest BCUT2D eigenvalue weighted by molar-refractivity contribution is 6.30. The monoisotopic (exact) mass is 512 g/mol. The van der Waals surface area contributed by atoms with E-state index in [1.54, 1.807) is 0 Å². The fourth-order valence-electron chi connectivity index (χ4n) is 5.47. The summed E-state index contributed by atoms with van der Waals surface area (Å²) in [6.07, 6.45) is 6.07. The Balaban J connectivity index is 1.29. The molecule has 1 N–H and O–H groups in total. The van der Waals surface area contributed by atoms with Crippen molar-refractivity contribution >= 4 is 17.3 Å². The maximum Gasteiger partial charge on any atom is 0.165 e. The molecule has 1 saturated heterocycles. The van der Waals surface area contributed by atoms with E-state index in [9.17, 15) is 0 Å². The van der Waals surface area contributed by atoms with E-state index in [0.717, 1.165) is 97.4 Å². The van der Waals surface area contributed by atoms with Gasteiger partial charge in [-0.2, -0.15) is 5.10 Å². The van der Waals surface area contributed by atoms with Crippen molar-refractivity contribution in [1.82, 2.24) is 34.8 Å². The van der Waals surface area contributed by atoms with Gasteiger partial charge in [-0.3, -0.25) is 19.1 Å². The van der Waals surface area contributed by atoms with E-state index in [1.807, 2.05) is 25.3 Å². The average molecular weight is 513 g/mol. The molecule has 4 aromatic rings. The van der Waals surface area contributed by atoms with E-state index in [1.165, 1.54) is 0 Å². The van der Waals surface area contributed by atoms with Gasteiger partial charge < -0.3 is 5.32 Å². The highest BCUT2D eigenvalue weighted by Crippen LogP contribution is 2.51. The predicted octanol–water partition coefficient (Wildman–Crippen LogP) is 3.84. The molecule has 0 radical (unpaired) electrons. The summed E-state index contributed by atoms with van der Waals surface area (Å²) >= 11 is 6.23. The largest absolute Gasteiger partial charge is 0.314 e. The molecule has 8 nitrogen and oxygen atoms in total. The molecular weight excluding hydrogens is 484 g/mol. The molecule has 2 fully saturated rings. The molecule has 2 aromatic heterocycles. The summed E-state index contributed by atoms with van der Waals surface area (Å²) < 4.78 is 4.24. The maximum atomic E-state index is 6.23. The predicted molar refractivity (Wildman–Crippen MR) is 145 cm³/mol. The van der Waals surface area contributed by atoms with Crippen LogP contribution < -0.4 is 5.32 Å². The first kappa shape index (κ1) is 22.8. The summed E-state index contributed by atoms with van der Waals surface area (Å²) in [7, 11) is 0. The molecule has 1 aliphatic carbocycles. The third-order valence-corrected chi connectivity index (χ3v) is 7.97. The van der Waals surface area contributed by atoms with Crippen LogP contribution in [0, 0.1) is 6.92 Å². The normalized spacial score (nSPS) is 18.3. The van der Waals surface area contributed by atoms with Crippen LogP contribution in [0.1, 0.15) is 35.6 Å². The lowest BCUT2D eigenvalue weighted by Crippen LogP contribution is -2.44. The van der Waals surface area contributed by atoms with E-state index in [-0.39, 0.29) is 5.54 Å². The van der Waals surface area contributed by atoms with Crippen LogP contribution in [0.4, 0.5) is 0 Å². The van der Waals surface area contributed by atoms with Gasteiger partial charge >= 0.3 is 0 Å². The van der Waals surface area contributed by atoms with Crippen LogP contribution in [0.5, 0.6) is 0 Å². The lowest BCUT2D eigenvalue weighted by Gasteiger charge is -2.26. The number of hydrogen-bond acceptors (Lipinski definition) is 6. The Morgan fingerprint density at radius 3 is 2.51 bits per heavy atom. The van der Waals surface area contributed by atoms with Crippen LogP contribution in [0.3, 0.4) is 0 Å². The first-order valence-electron chi connectivity index (χ1n) is 13.0. The van der Waals surface area contributed by atoms with Gasteiger partial charge in [-0.05, 0) is 49.6 Å². The third kappa shape index (κ3) is 4.09. The first-order valence-corrected chi connectivity index (χ1v) is 13.4. The number of fused-ring (bicyclic) bond motifs is 4. The fourth-order valence-corrected chi connectivity index (χ4v) is 5.60. The highest BCUT2D eigenvalue weighted by Gasteiger charge is 2.51. The summed E-state index contributed by atoms with van der Waals surface area (Å²) in [5.41, 5.74) is 6.06. The van der Waals surface area contributed by atoms with E-state index in [2.05, 4.69) is 71.3 Å². The quantitative estimate of drug-likeness (QED) is 0.440. The van der Waals surface area contributed by atoms with Crippen LogP contribution in [-0.4, -0.2) is 67.9 Å². The molecule has 0 bridgehead atoms.